The molecule has 0 spiro atoms. The lowest BCUT2D eigenvalue weighted by Gasteiger charge is -2.20. The summed E-state index contributed by atoms with van der Waals surface area (Å²) in [5, 5.41) is 0. The van der Waals surface area contributed by atoms with Crippen molar-refractivity contribution in [3.8, 4) is 0 Å². The zero-order valence-electron chi connectivity index (χ0n) is 10.2. The molecule has 0 radical (unpaired) electrons. The number of amides is 1. The molecule has 0 saturated heterocycles. The van der Waals surface area contributed by atoms with Crippen LogP contribution in [-0.4, -0.2) is 36.5 Å². The van der Waals surface area contributed by atoms with Gasteiger partial charge in [0.15, 0.2) is 0 Å². The summed E-state index contributed by atoms with van der Waals surface area (Å²) in [7, 11) is 0. The van der Waals surface area contributed by atoms with Gasteiger partial charge in [0.05, 0.1) is 6.61 Å². The third-order valence-electron chi connectivity index (χ3n) is 2.63. The van der Waals surface area contributed by atoms with Crippen LogP contribution in [0, 0.1) is 5.92 Å². The summed E-state index contributed by atoms with van der Waals surface area (Å²) in [6, 6.07) is 0. The van der Waals surface area contributed by atoms with E-state index in [0.29, 0.717) is 25.5 Å². The van der Waals surface area contributed by atoms with Gasteiger partial charge in [-0.05, 0) is 32.1 Å². The van der Waals surface area contributed by atoms with Gasteiger partial charge in [0.25, 0.3) is 0 Å². The highest BCUT2D eigenvalue weighted by Crippen LogP contribution is 2.32. The van der Waals surface area contributed by atoms with Gasteiger partial charge in [-0.15, -0.1) is 0 Å². The molecule has 16 heavy (non-hydrogen) atoms. The van der Waals surface area contributed by atoms with E-state index >= 15 is 0 Å². The average molecular weight is 227 g/mol. The van der Waals surface area contributed by atoms with E-state index in [2.05, 4.69) is 0 Å². The van der Waals surface area contributed by atoms with Gasteiger partial charge in [-0.25, -0.2) is 0 Å². The fraction of sp³-hybridized carbons (Fsp3) is 0.833. The van der Waals surface area contributed by atoms with Gasteiger partial charge in [-0.2, -0.15) is 0 Å². The Morgan fingerprint density at radius 2 is 2.00 bits per heavy atom. The molecule has 1 amide bonds. The number of esters is 1. The summed E-state index contributed by atoms with van der Waals surface area (Å²) >= 11 is 0. The van der Waals surface area contributed by atoms with Crippen LogP contribution in [0.2, 0.25) is 0 Å². The van der Waals surface area contributed by atoms with Crippen molar-refractivity contribution < 1.29 is 14.3 Å². The summed E-state index contributed by atoms with van der Waals surface area (Å²) in [4.78, 5) is 24.8. The van der Waals surface area contributed by atoms with Gasteiger partial charge in [-0.1, -0.05) is 6.92 Å². The Morgan fingerprint density at radius 3 is 2.50 bits per heavy atom. The van der Waals surface area contributed by atoms with Crippen LogP contribution < -0.4 is 0 Å². The molecule has 1 rings (SSSR count). The first-order valence-corrected chi connectivity index (χ1v) is 6.10. The van der Waals surface area contributed by atoms with E-state index in [0.717, 1.165) is 19.3 Å². The molecule has 4 heteroatoms. The normalized spacial score (nSPS) is 14.6. The number of hydrogen-bond acceptors (Lipinski definition) is 3. The molecule has 1 saturated carbocycles. The second-order valence-electron chi connectivity index (χ2n) is 4.27. The lowest BCUT2D eigenvalue weighted by molar-refractivity contribution is -0.149. The molecule has 1 fully saturated rings. The van der Waals surface area contributed by atoms with Crippen molar-refractivity contribution in [3.05, 3.63) is 0 Å². The van der Waals surface area contributed by atoms with Crippen LogP contribution in [0.25, 0.3) is 0 Å². The van der Waals surface area contributed by atoms with Crippen LogP contribution in [0.1, 0.15) is 39.5 Å². The highest BCUT2D eigenvalue weighted by Gasteiger charge is 2.27. The second-order valence-corrected chi connectivity index (χ2v) is 4.27. The van der Waals surface area contributed by atoms with Crippen molar-refractivity contribution in [2.45, 2.75) is 39.5 Å². The molecule has 0 aromatic heterocycles. The zero-order chi connectivity index (χ0) is 12.0. The predicted octanol–water partition coefficient (Wildman–Crippen LogP) is 1.59. The van der Waals surface area contributed by atoms with E-state index in [4.69, 9.17) is 4.74 Å². The first-order valence-electron chi connectivity index (χ1n) is 6.10. The van der Waals surface area contributed by atoms with Crippen LogP contribution >= 0.6 is 0 Å². The van der Waals surface area contributed by atoms with E-state index < -0.39 is 0 Å². The Kier molecular flexibility index (Phi) is 5.29. The van der Waals surface area contributed by atoms with E-state index in [1.54, 1.807) is 11.8 Å². The number of carbonyl (C=O) groups is 2. The summed E-state index contributed by atoms with van der Waals surface area (Å²) in [6.45, 7) is 4.89. The van der Waals surface area contributed by atoms with Crippen LogP contribution in [0.5, 0.6) is 0 Å². The molecule has 92 valence electrons. The smallest absolute Gasteiger partial charge is 0.325 e. The third-order valence-corrected chi connectivity index (χ3v) is 2.63. The minimum atomic E-state index is -0.305. The molecular formula is C12H21NO3. The van der Waals surface area contributed by atoms with Gasteiger partial charge in [0, 0.05) is 13.0 Å². The Labute approximate surface area is 96.9 Å². The summed E-state index contributed by atoms with van der Waals surface area (Å²) < 4.78 is 4.86. The quantitative estimate of drug-likeness (QED) is 0.620. The monoisotopic (exact) mass is 227 g/mol. The Bertz CT molecular complexity index is 249. The maximum Gasteiger partial charge on any atom is 0.325 e. The minimum Gasteiger partial charge on any atom is -0.465 e. The summed E-state index contributed by atoms with van der Waals surface area (Å²) in [5.41, 5.74) is 0. The molecule has 0 N–H and O–H groups in total. The maximum atomic E-state index is 11.8. The van der Waals surface area contributed by atoms with E-state index in [1.807, 2.05) is 6.92 Å². The van der Waals surface area contributed by atoms with Crippen molar-refractivity contribution in [1.29, 1.82) is 0 Å². The predicted molar refractivity (Wildman–Crippen MR) is 60.8 cm³/mol. The molecule has 1 aliphatic rings. The van der Waals surface area contributed by atoms with Crippen molar-refractivity contribution >= 4 is 11.9 Å². The average Bonchev–Trinajstić information content (AvgIpc) is 3.01. The summed E-state index contributed by atoms with van der Waals surface area (Å²) in [6.07, 6.45) is 3.78. The zero-order valence-corrected chi connectivity index (χ0v) is 10.2. The number of nitrogens with zero attached hydrogens (tertiary/aromatic N) is 1. The van der Waals surface area contributed by atoms with Gasteiger partial charge in [0.2, 0.25) is 5.91 Å². The van der Waals surface area contributed by atoms with E-state index in [9.17, 15) is 9.59 Å². The topological polar surface area (TPSA) is 46.6 Å². The molecule has 4 nitrogen and oxygen atoms in total. The molecule has 1 aliphatic carbocycles. The van der Waals surface area contributed by atoms with Crippen LogP contribution in [0.15, 0.2) is 0 Å². The van der Waals surface area contributed by atoms with Gasteiger partial charge in [0.1, 0.15) is 6.54 Å². The summed E-state index contributed by atoms with van der Waals surface area (Å²) in [5.74, 6) is 0.353. The first-order chi connectivity index (χ1) is 7.67. The molecule has 0 heterocycles. The largest absolute Gasteiger partial charge is 0.465 e. The fourth-order valence-corrected chi connectivity index (χ4v) is 1.62. The van der Waals surface area contributed by atoms with Gasteiger partial charge >= 0.3 is 5.97 Å². The van der Waals surface area contributed by atoms with Crippen LogP contribution in [0.4, 0.5) is 0 Å². The Balaban J connectivity index is 2.37. The second kappa shape index (κ2) is 6.51. The van der Waals surface area contributed by atoms with Gasteiger partial charge in [-0.3, -0.25) is 9.59 Å². The molecule has 0 unspecified atom stereocenters. The minimum absolute atomic E-state index is 0.0948. The number of rotatable bonds is 7. The van der Waals surface area contributed by atoms with Crippen molar-refractivity contribution in [3.63, 3.8) is 0 Å². The standard InChI is InChI=1S/C12H21NO3/c1-3-7-13(9-12(15)16-4-2)11(14)8-10-5-6-10/h10H,3-9H2,1-2H3. The third kappa shape index (κ3) is 4.64. The number of carbonyl (C=O) groups excluding carboxylic acids is 2. The maximum absolute atomic E-state index is 11.8. The Hall–Kier alpha value is -1.06. The molecule has 0 aromatic rings. The SMILES string of the molecule is CCCN(CC(=O)OCC)C(=O)CC1CC1. The fourth-order valence-electron chi connectivity index (χ4n) is 1.62. The van der Waals surface area contributed by atoms with Crippen molar-refractivity contribution in [2.75, 3.05) is 19.7 Å². The van der Waals surface area contributed by atoms with Crippen molar-refractivity contribution in [2.24, 2.45) is 5.92 Å². The lowest BCUT2D eigenvalue weighted by atomic mass is 10.2. The molecule has 0 aromatic carbocycles. The highest BCUT2D eigenvalue weighted by molar-refractivity contribution is 5.82. The van der Waals surface area contributed by atoms with Gasteiger partial charge < -0.3 is 9.64 Å². The molecule has 0 atom stereocenters. The molecule has 0 bridgehead atoms. The van der Waals surface area contributed by atoms with Crippen molar-refractivity contribution in [1.82, 2.24) is 4.90 Å². The molecular weight excluding hydrogens is 206 g/mol. The lowest BCUT2D eigenvalue weighted by Crippen LogP contribution is -2.37. The number of hydrogen-bond donors (Lipinski definition) is 0. The number of ether oxygens (including phenoxy) is 1. The van der Waals surface area contributed by atoms with Crippen LogP contribution in [0.3, 0.4) is 0 Å². The highest BCUT2D eigenvalue weighted by atomic mass is 16.5. The Morgan fingerprint density at radius 1 is 1.31 bits per heavy atom. The van der Waals surface area contributed by atoms with E-state index in [-0.39, 0.29) is 18.4 Å². The molecule has 0 aliphatic heterocycles. The van der Waals surface area contributed by atoms with E-state index in [1.165, 1.54) is 0 Å². The van der Waals surface area contributed by atoms with Crippen LogP contribution in [-0.2, 0) is 14.3 Å². The first kappa shape index (κ1) is 13.0.